The van der Waals surface area contributed by atoms with Gasteiger partial charge in [-0.2, -0.15) is 0 Å². The molecular weight excluding hydrogens is 260 g/mol. The van der Waals surface area contributed by atoms with Crippen molar-refractivity contribution in [1.29, 1.82) is 0 Å². The highest BCUT2D eigenvalue weighted by Gasteiger charge is 2.35. The van der Waals surface area contributed by atoms with Crippen LogP contribution in [0.25, 0.3) is 0 Å². The SMILES string of the molecule is Cc1ccc(N=C2C(=O)N(C(C)C)c3ccccc32)cc1. The molecule has 0 unspecified atom stereocenters. The van der Waals surface area contributed by atoms with Gasteiger partial charge < -0.3 is 4.90 Å². The van der Waals surface area contributed by atoms with E-state index in [0.717, 1.165) is 16.9 Å². The Balaban J connectivity index is 2.11. The van der Waals surface area contributed by atoms with E-state index < -0.39 is 0 Å². The fourth-order valence-corrected chi connectivity index (χ4v) is 2.59. The first-order chi connectivity index (χ1) is 10.1. The molecule has 3 rings (SSSR count). The fraction of sp³-hybridized carbons (Fsp3) is 0.222. The summed E-state index contributed by atoms with van der Waals surface area (Å²) in [6, 6.07) is 15.8. The zero-order valence-electron chi connectivity index (χ0n) is 12.5. The van der Waals surface area contributed by atoms with Gasteiger partial charge in [-0.1, -0.05) is 35.9 Å². The fourth-order valence-electron chi connectivity index (χ4n) is 2.59. The molecule has 21 heavy (non-hydrogen) atoms. The summed E-state index contributed by atoms with van der Waals surface area (Å²) in [4.78, 5) is 19.1. The van der Waals surface area contributed by atoms with E-state index in [0.29, 0.717) is 5.71 Å². The molecule has 0 N–H and O–H groups in total. The monoisotopic (exact) mass is 278 g/mol. The van der Waals surface area contributed by atoms with E-state index >= 15 is 0 Å². The van der Waals surface area contributed by atoms with Gasteiger partial charge in [-0.15, -0.1) is 0 Å². The van der Waals surface area contributed by atoms with Crippen LogP contribution in [0.4, 0.5) is 11.4 Å². The number of hydrogen-bond acceptors (Lipinski definition) is 2. The van der Waals surface area contributed by atoms with Crippen molar-refractivity contribution in [3.63, 3.8) is 0 Å². The summed E-state index contributed by atoms with van der Waals surface area (Å²) >= 11 is 0. The summed E-state index contributed by atoms with van der Waals surface area (Å²) < 4.78 is 0. The third kappa shape index (κ3) is 2.35. The van der Waals surface area contributed by atoms with E-state index in [1.807, 2.05) is 74.2 Å². The van der Waals surface area contributed by atoms with Crippen LogP contribution in [-0.4, -0.2) is 17.7 Å². The van der Waals surface area contributed by atoms with Crippen LogP contribution in [0.15, 0.2) is 53.5 Å². The Bertz CT molecular complexity index is 714. The van der Waals surface area contributed by atoms with Crippen molar-refractivity contribution < 1.29 is 4.79 Å². The third-order valence-electron chi connectivity index (χ3n) is 3.63. The Morgan fingerprint density at radius 2 is 1.67 bits per heavy atom. The van der Waals surface area contributed by atoms with E-state index in [1.165, 1.54) is 5.56 Å². The third-order valence-corrected chi connectivity index (χ3v) is 3.63. The van der Waals surface area contributed by atoms with Gasteiger partial charge in [0.1, 0.15) is 5.71 Å². The quantitative estimate of drug-likeness (QED) is 0.820. The molecule has 0 atom stereocenters. The molecule has 0 saturated heterocycles. The maximum atomic E-state index is 12.7. The summed E-state index contributed by atoms with van der Waals surface area (Å²) in [5.74, 6) is -0.0215. The lowest BCUT2D eigenvalue weighted by Gasteiger charge is -2.20. The molecule has 0 radical (unpaired) electrons. The summed E-state index contributed by atoms with van der Waals surface area (Å²) in [5, 5.41) is 0. The minimum atomic E-state index is -0.0215. The van der Waals surface area contributed by atoms with Crippen LogP contribution in [0.1, 0.15) is 25.0 Å². The Morgan fingerprint density at radius 3 is 2.33 bits per heavy atom. The molecule has 3 heteroatoms. The molecular formula is C18H18N2O. The molecule has 0 aromatic heterocycles. The van der Waals surface area contributed by atoms with Crippen molar-refractivity contribution in [2.75, 3.05) is 4.90 Å². The number of nitrogens with zero attached hydrogens (tertiary/aromatic N) is 2. The lowest BCUT2D eigenvalue weighted by atomic mass is 10.1. The van der Waals surface area contributed by atoms with Crippen LogP contribution in [0.3, 0.4) is 0 Å². The summed E-state index contributed by atoms with van der Waals surface area (Å²) in [6.45, 7) is 6.07. The molecule has 106 valence electrons. The normalized spacial score (nSPS) is 15.9. The van der Waals surface area contributed by atoms with E-state index in [2.05, 4.69) is 4.99 Å². The average molecular weight is 278 g/mol. The van der Waals surface area contributed by atoms with Crippen molar-refractivity contribution >= 4 is 23.0 Å². The van der Waals surface area contributed by atoms with Crippen LogP contribution in [0, 0.1) is 6.92 Å². The second-order valence-corrected chi connectivity index (χ2v) is 5.58. The predicted molar refractivity (Wildman–Crippen MR) is 86.4 cm³/mol. The number of carbonyl (C=O) groups is 1. The highest BCUT2D eigenvalue weighted by atomic mass is 16.2. The predicted octanol–water partition coefficient (Wildman–Crippen LogP) is 3.87. The Labute approximate surface area is 124 Å². The van der Waals surface area contributed by atoms with Crippen LogP contribution in [-0.2, 0) is 4.79 Å². The number of aryl methyl sites for hydroxylation is 1. The van der Waals surface area contributed by atoms with Crippen molar-refractivity contribution in [1.82, 2.24) is 0 Å². The number of hydrogen-bond donors (Lipinski definition) is 0. The number of para-hydroxylation sites is 1. The van der Waals surface area contributed by atoms with E-state index in [9.17, 15) is 4.79 Å². The molecule has 2 aromatic rings. The highest BCUT2D eigenvalue weighted by Crippen LogP contribution is 2.32. The van der Waals surface area contributed by atoms with Gasteiger partial charge in [-0.05, 0) is 39.0 Å². The maximum absolute atomic E-state index is 12.7. The van der Waals surface area contributed by atoms with Gasteiger partial charge >= 0.3 is 0 Å². The standard InChI is InChI=1S/C18H18N2O/c1-12(2)20-16-7-5-4-6-15(16)17(18(20)21)19-14-10-8-13(3)9-11-14/h4-12H,1-3H3. The van der Waals surface area contributed by atoms with Gasteiger partial charge in [0.15, 0.2) is 0 Å². The Morgan fingerprint density at radius 1 is 1.00 bits per heavy atom. The topological polar surface area (TPSA) is 32.7 Å². The van der Waals surface area contributed by atoms with Crippen LogP contribution < -0.4 is 4.90 Å². The van der Waals surface area contributed by atoms with E-state index in [1.54, 1.807) is 0 Å². The number of amides is 1. The summed E-state index contributed by atoms with van der Waals surface area (Å²) in [5.41, 5.74) is 4.38. The molecule has 0 spiro atoms. The molecule has 0 bridgehead atoms. The number of benzene rings is 2. The highest BCUT2D eigenvalue weighted by molar-refractivity contribution is 6.54. The zero-order chi connectivity index (χ0) is 15.0. The van der Waals surface area contributed by atoms with Crippen LogP contribution in [0.5, 0.6) is 0 Å². The zero-order valence-corrected chi connectivity index (χ0v) is 12.5. The van der Waals surface area contributed by atoms with Gasteiger partial charge in [0.05, 0.1) is 11.4 Å². The first-order valence-corrected chi connectivity index (χ1v) is 7.16. The van der Waals surface area contributed by atoms with Crippen molar-refractivity contribution in [3.05, 3.63) is 59.7 Å². The molecule has 0 saturated carbocycles. The number of rotatable bonds is 2. The van der Waals surface area contributed by atoms with E-state index in [4.69, 9.17) is 0 Å². The second kappa shape index (κ2) is 5.17. The van der Waals surface area contributed by atoms with Gasteiger partial charge in [-0.3, -0.25) is 4.79 Å². The minimum absolute atomic E-state index is 0.0215. The number of anilines is 1. The molecule has 0 aliphatic carbocycles. The molecule has 0 fully saturated rings. The van der Waals surface area contributed by atoms with E-state index in [-0.39, 0.29) is 11.9 Å². The smallest absolute Gasteiger partial charge is 0.277 e. The number of aliphatic imine (C=N–C) groups is 1. The van der Waals surface area contributed by atoms with Crippen molar-refractivity contribution in [2.24, 2.45) is 4.99 Å². The Hall–Kier alpha value is -2.42. The molecule has 2 aromatic carbocycles. The van der Waals surface area contributed by atoms with Gasteiger partial charge in [0, 0.05) is 11.6 Å². The molecule has 1 heterocycles. The first-order valence-electron chi connectivity index (χ1n) is 7.16. The first kappa shape index (κ1) is 13.6. The Kier molecular flexibility index (Phi) is 3.34. The number of carbonyl (C=O) groups excluding carboxylic acids is 1. The maximum Gasteiger partial charge on any atom is 0.277 e. The van der Waals surface area contributed by atoms with Gasteiger partial charge in [-0.25, -0.2) is 4.99 Å². The lowest BCUT2D eigenvalue weighted by molar-refractivity contribution is -0.112. The number of fused-ring (bicyclic) bond motifs is 1. The second-order valence-electron chi connectivity index (χ2n) is 5.58. The largest absolute Gasteiger partial charge is 0.304 e. The molecule has 1 aliphatic rings. The lowest BCUT2D eigenvalue weighted by Crippen LogP contribution is -2.35. The van der Waals surface area contributed by atoms with Crippen LogP contribution in [0.2, 0.25) is 0 Å². The summed E-state index contributed by atoms with van der Waals surface area (Å²) in [6.07, 6.45) is 0. The summed E-state index contributed by atoms with van der Waals surface area (Å²) in [7, 11) is 0. The van der Waals surface area contributed by atoms with Crippen molar-refractivity contribution in [2.45, 2.75) is 26.8 Å². The van der Waals surface area contributed by atoms with Gasteiger partial charge in [0.25, 0.3) is 5.91 Å². The van der Waals surface area contributed by atoms with Crippen molar-refractivity contribution in [3.8, 4) is 0 Å². The molecule has 1 aliphatic heterocycles. The minimum Gasteiger partial charge on any atom is -0.304 e. The van der Waals surface area contributed by atoms with Crippen LogP contribution >= 0.6 is 0 Å². The van der Waals surface area contributed by atoms with Gasteiger partial charge in [0.2, 0.25) is 0 Å². The average Bonchev–Trinajstić information content (AvgIpc) is 2.74. The molecule has 1 amide bonds. The molecule has 3 nitrogen and oxygen atoms in total.